The topological polar surface area (TPSA) is 237 Å². The van der Waals surface area contributed by atoms with Crippen LogP contribution in [0.2, 0.25) is 0 Å². The Bertz CT molecular complexity index is 1950. The molecule has 0 saturated heterocycles. The van der Waals surface area contributed by atoms with Crippen LogP contribution in [0, 0.1) is 5.92 Å². The summed E-state index contributed by atoms with van der Waals surface area (Å²) in [6.45, 7) is 7.37. The molecule has 0 spiro atoms. The van der Waals surface area contributed by atoms with Crippen LogP contribution in [0.5, 0.6) is 0 Å². The van der Waals surface area contributed by atoms with E-state index in [0.717, 1.165) is 95.8 Å². The van der Waals surface area contributed by atoms with Crippen LogP contribution in [-0.4, -0.2) is 96.7 Å². The SMILES string of the molecule is CCCCCCCCCCCCCCCCCCCCCCC(=O)O[C@H](COC(=O)CCCCCCCCCCCCCCCCCC)COP(=O)(O)OC[C@@H](O)COP(=O)(O)OC[C@@H](COC(=O)CCCCCCCCCCCCCC)OC(=O)CCCCCCCCCCCCC(C)CC. The van der Waals surface area contributed by atoms with E-state index in [2.05, 4.69) is 34.6 Å². The summed E-state index contributed by atoms with van der Waals surface area (Å²) in [6.07, 6.45) is 67.8. The minimum atomic E-state index is -4.96. The van der Waals surface area contributed by atoms with Gasteiger partial charge in [-0.2, -0.15) is 0 Å². The summed E-state index contributed by atoms with van der Waals surface area (Å²) < 4.78 is 68.8. The number of aliphatic hydroxyl groups excluding tert-OH is 1. The fourth-order valence-electron chi connectivity index (χ4n) is 12.9. The molecular weight excluding hydrogens is 1330 g/mol. The van der Waals surface area contributed by atoms with Gasteiger partial charge in [-0.05, 0) is 31.6 Å². The van der Waals surface area contributed by atoms with E-state index in [9.17, 15) is 43.2 Å². The number of hydrogen-bond donors (Lipinski definition) is 3. The maximum atomic E-state index is 13.1. The lowest BCUT2D eigenvalue weighted by molar-refractivity contribution is -0.161. The van der Waals surface area contributed by atoms with Gasteiger partial charge < -0.3 is 33.8 Å². The second-order valence-electron chi connectivity index (χ2n) is 30.1. The van der Waals surface area contributed by atoms with E-state index >= 15 is 0 Å². The quantitative estimate of drug-likeness (QED) is 0.0222. The van der Waals surface area contributed by atoms with Gasteiger partial charge in [0.1, 0.15) is 19.3 Å². The Kier molecular flexibility index (Phi) is 74.4. The normalized spacial score (nSPS) is 14.1. The summed E-state index contributed by atoms with van der Waals surface area (Å²) in [7, 11) is -9.92. The van der Waals surface area contributed by atoms with Crippen molar-refractivity contribution in [3.8, 4) is 0 Å². The van der Waals surface area contributed by atoms with Gasteiger partial charge in [-0.3, -0.25) is 37.3 Å². The van der Waals surface area contributed by atoms with E-state index in [4.69, 9.17) is 37.0 Å². The molecule has 606 valence electrons. The number of unbranched alkanes of at least 4 members (excludes halogenated alkanes) is 54. The molecule has 0 radical (unpaired) electrons. The van der Waals surface area contributed by atoms with Gasteiger partial charge in [0, 0.05) is 25.7 Å². The van der Waals surface area contributed by atoms with Gasteiger partial charge in [-0.25, -0.2) is 9.13 Å². The number of hydrogen-bond acceptors (Lipinski definition) is 15. The molecule has 0 aromatic rings. The highest BCUT2D eigenvalue weighted by Gasteiger charge is 2.30. The molecule has 0 rings (SSSR count). The van der Waals surface area contributed by atoms with Crippen LogP contribution in [0.4, 0.5) is 0 Å². The average molecular weight is 1490 g/mol. The van der Waals surface area contributed by atoms with Gasteiger partial charge in [-0.1, -0.05) is 394 Å². The number of phosphoric ester groups is 2. The second kappa shape index (κ2) is 75.9. The standard InChI is InChI=1S/C83H162O17P2/c1-6-10-13-16-19-22-25-28-30-32-33-34-35-37-39-42-48-53-58-63-68-82(87)99-78(72-94-81(86)67-62-57-52-47-41-38-36-31-29-26-23-20-17-14-11-7-2)74-97-101(89,90)95-70-77(84)71-96-102(91,92)98-75-79(73-93-80(85)66-61-56-51-46-40-27-24-21-18-15-12-8-3)100-83(88)69-64-59-54-49-44-43-45-50-55-60-65-76(5)9-4/h76-79,84H,6-75H2,1-5H3,(H,89,90)(H,91,92)/t76?,77-,78-,79-/m1/s1. The molecule has 3 N–H and O–H groups in total. The molecule has 3 unspecified atom stereocenters. The van der Waals surface area contributed by atoms with Gasteiger partial charge in [0.2, 0.25) is 0 Å². The maximum absolute atomic E-state index is 13.1. The molecule has 0 aromatic heterocycles. The molecule has 0 bridgehead atoms. The first-order valence-corrected chi connectivity index (χ1v) is 46.2. The van der Waals surface area contributed by atoms with Crippen molar-refractivity contribution in [1.82, 2.24) is 0 Å². The number of carbonyl (C=O) groups is 4. The molecule has 0 aliphatic rings. The van der Waals surface area contributed by atoms with E-state index in [1.807, 2.05) is 0 Å². The average Bonchev–Trinajstić information content (AvgIpc) is 0.932. The van der Waals surface area contributed by atoms with Crippen LogP contribution in [0.1, 0.15) is 446 Å². The Morgan fingerprint density at radius 3 is 0.696 bits per heavy atom. The van der Waals surface area contributed by atoms with Crippen molar-refractivity contribution in [3.05, 3.63) is 0 Å². The van der Waals surface area contributed by atoms with Gasteiger partial charge in [0.25, 0.3) is 0 Å². The zero-order valence-electron chi connectivity index (χ0n) is 66.8. The van der Waals surface area contributed by atoms with Gasteiger partial charge in [0.15, 0.2) is 12.2 Å². The lowest BCUT2D eigenvalue weighted by Gasteiger charge is -2.21. The molecule has 0 amide bonds. The van der Waals surface area contributed by atoms with Crippen molar-refractivity contribution in [1.29, 1.82) is 0 Å². The number of aliphatic hydroxyl groups is 1. The number of rotatable bonds is 83. The molecule has 19 heteroatoms. The Hall–Kier alpha value is -1.94. The molecule has 0 fully saturated rings. The molecule has 0 aromatic carbocycles. The van der Waals surface area contributed by atoms with E-state index in [1.165, 1.54) is 270 Å². The van der Waals surface area contributed by atoms with Crippen molar-refractivity contribution in [3.63, 3.8) is 0 Å². The minimum Gasteiger partial charge on any atom is -0.462 e. The number of esters is 4. The third-order valence-electron chi connectivity index (χ3n) is 19.9. The van der Waals surface area contributed by atoms with Crippen LogP contribution in [0.25, 0.3) is 0 Å². The lowest BCUT2D eigenvalue weighted by Crippen LogP contribution is -2.30. The van der Waals surface area contributed by atoms with Gasteiger partial charge >= 0.3 is 39.5 Å². The molecule has 0 saturated carbocycles. The summed E-state index contributed by atoms with van der Waals surface area (Å²) in [5.74, 6) is -1.30. The number of ether oxygens (including phenoxy) is 4. The van der Waals surface area contributed by atoms with Crippen LogP contribution in [-0.2, 0) is 65.4 Å². The van der Waals surface area contributed by atoms with Crippen molar-refractivity contribution in [2.75, 3.05) is 39.6 Å². The predicted molar refractivity (Wildman–Crippen MR) is 418 cm³/mol. The van der Waals surface area contributed by atoms with Crippen LogP contribution >= 0.6 is 15.6 Å². The number of carbonyl (C=O) groups excluding carboxylic acids is 4. The number of phosphoric acid groups is 2. The highest BCUT2D eigenvalue weighted by atomic mass is 31.2. The fraction of sp³-hybridized carbons (Fsp3) is 0.952. The van der Waals surface area contributed by atoms with Crippen LogP contribution in [0.15, 0.2) is 0 Å². The summed E-state index contributed by atoms with van der Waals surface area (Å²) >= 11 is 0. The third-order valence-corrected chi connectivity index (χ3v) is 21.8. The Balaban J connectivity index is 5.25. The summed E-state index contributed by atoms with van der Waals surface area (Å²) in [4.78, 5) is 73.1. The smallest absolute Gasteiger partial charge is 0.462 e. The van der Waals surface area contributed by atoms with E-state index in [0.29, 0.717) is 25.7 Å². The first-order valence-electron chi connectivity index (χ1n) is 43.2. The van der Waals surface area contributed by atoms with Crippen molar-refractivity contribution >= 4 is 39.5 Å². The second-order valence-corrected chi connectivity index (χ2v) is 33.0. The van der Waals surface area contributed by atoms with Gasteiger partial charge in [0.05, 0.1) is 26.4 Å². The monoisotopic (exact) mass is 1490 g/mol. The first kappa shape index (κ1) is 100. The largest absolute Gasteiger partial charge is 0.472 e. The molecule has 0 aliphatic carbocycles. The minimum absolute atomic E-state index is 0.107. The zero-order chi connectivity index (χ0) is 74.8. The first-order chi connectivity index (χ1) is 49.6. The fourth-order valence-corrected chi connectivity index (χ4v) is 14.5. The van der Waals surface area contributed by atoms with E-state index in [1.54, 1.807) is 0 Å². The lowest BCUT2D eigenvalue weighted by atomic mass is 9.99. The highest BCUT2D eigenvalue weighted by Crippen LogP contribution is 2.45. The van der Waals surface area contributed by atoms with Crippen molar-refractivity contribution in [2.45, 2.75) is 464 Å². The summed E-state index contributed by atoms with van der Waals surface area (Å²) in [5.41, 5.74) is 0. The Morgan fingerprint density at radius 2 is 0.471 bits per heavy atom. The molecule has 0 heterocycles. The summed E-state index contributed by atoms with van der Waals surface area (Å²) in [6, 6.07) is 0. The molecule has 17 nitrogen and oxygen atoms in total. The Morgan fingerprint density at radius 1 is 0.275 bits per heavy atom. The molecule has 6 atom stereocenters. The van der Waals surface area contributed by atoms with Crippen LogP contribution in [0.3, 0.4) is 0 Å². The maximum Gasteiger partial charge on any atom is 0.472 e. The molecule has 0 aliphatic heterocycles. The molecular formula is C83H162O17P2. The van der Waals surface area contributed by atoms with E-state index < -0.39 is 97.5 Å². The van der Waals surface area contributed by atoms with Gasteiger partial charge in [-0.15, -0.1) is 0 Å². The third kappa shape index (κ3) is 74.9. The zero-order valence-corrected chi connectivity index (χ0v) is 68.5. The van der Waals surface area contributed by atoms with E-state index in [-0.39, 0.29) is 25.7 Å². The highest BCUT2D eigenvalue weighted by molar-refractivity contribution is 7.47. The van der Waals surface area contributed by atoms with Crippen molar-refractivity contribution in [2.24, 2.45) is 5.92 Å². The van der Waals surface area contributed by atoms with Crippen molar-refractivity contribution < 1.29 is 80.2 Å². The molecule has 102 heavy (non-hydrogen) atoms. The summed E-state index contributed by atoms with van der Waals surface area (Å²) in [5, 5.41) is 10.7. The predicted octanol–water partition coefficient (Wildman–Crippen LogP) is 25.2. The Labute approximate surface area is 626 Å². The van der Waals surface area contributed by atoms with Crippen LogP contribution < -0.4 is 0 Å².